The van der Waals surface area contributed by atoms with Gasteiger partial charge in [0.1, 0.15) is 0 Å². The minimum atomic E-state index is 0.484. The molecule has 0 atom stereocenters. The van der Waals surface area contributed by atoms with Gasteiger partial charge in [-0.05, 0) is 24.6 Å². The third-order valence-corrected chi connectivity index (χ3v) is 2.59. The summed E-state index contributed by atoms with van der Waals surface area (Å²) >= 11 is 9.05. The second kappa shape index (κ2) is 3.37. The predicted octanol–water partition coefficient (Wildman–Crippen LogP) is 3.22. The molecule has 0 aliphatic rings. The molecule has 0 unspecified atom stereocenters. The van der Waals surface area contributed by atoms with Gasteiger partial charge in [-0.3, -0.25) is 4.79 Å². The monoisotopic (exact) mass is 232 g/mol. The van der Waals surface area contributed by atoms with Crippen molar-refractivity contribution in [2.45, 2.75) is 6.92 Å². The molecule has 1 aromatic rings. The molecule has 1 nitrogen and oxygen atoms in total. The number of aryl methyl sites for hydroxylation is 1. The lowest BCUT2D eigenvalue weighted by Crippen LogP contribution is -1.84. The number of carbonyl (C=O) groups excluding carboxylic acids is 1. The number of halogens is 2. The van der Waals surface area contributed by atoms with Crippen molar-refractivity contribution in [3.8, 4) is 0 Å². The van der Waals surface area contributed by atoms with Gasteiger partial charge in [0, 0.05) is 10.0 Å². The van der Waals surface area contributed by atoms with Crippen molar-refractivity contribution in [1.29, 1.82) is 0 Å². The molecule has 1 aromatic carbocycles. The van der Waals surface area contributed by atoms with Crippen molar-refractivity contribution in [1.82, 2.24) is 0 Å². The minimum absolute atomic E-state index is 0.484. The molecule has 0 aliphatic carbocycles. The Morgan fingerprint density at radius 2 is 2.18 bits per heavy atom. The first-order valence-electron chi connectivity index (χ1n) is 3.06. The second-order valence-corrected chi connectivity index (χ2v) is 3.50. The zero-order chi connectivity index (χ0) is 8.43. The molecule has 0 aliphatic heterocycles. The molecule has 0 bridgehead atoms. The van der Waals surface area contributed by atoms with Crippen LogP contribution in [0.5, 0.6) is 0 Å². The van der Waals surface area contributed by atoms with Crippen LogP contribution in [-0.4, -0.2) is 6.29 Å². The lowest BCUT2D eigenvalue weighted by molar-refractivity contribution is 0.112. The maximum absolute atomic E-state index is 10.4. The van der Waals surface area contributed by atoms with Gasteiger partial charge in [0.15, 0.2) is 6.29 Å². The Labute approximate surface area is 78.5 Å². The Bertz CT molecular complexity index is 296. The van der Waals surface area contributed by atoms with Crippen molar-refractivity contribution in [3.63, 3.8) is 0 Å². The van der Waals surface area contributed by atoms with E-state index in [0.29, 0.717) is 10.6 Å². The maximum atomic E-state index is 10.4. The van der Waals surface area contributed by atoms with Crippen LogP contribution in [-0.2, 0) is 0 Å². The highest BCUT2D eigenvalue weighted by Gasteiger charge is 2.01. The van der Waals surface area contributed by atoms with Crippen LogP contribution in [0.15, 0.2) is 16.6 Å². The molecule has 0 heterocycles. The standard InChI is InChI=1S/C8H6BrClO/c1-5-2-6(4-11)8(10)3-7(5)9/h2-4H,1H3. The van der Waals surface area contributed by atoms with E-state index in [1.807, 2.05) is 6.92 Å². The maximum Gasteiger partial charge on any atom is 0.151 e. The number of hydrogen-bond acceptors (Lipinski definition) is 1. The molecule has 0 saturated carbocycles. The third-order valence-electron chi connectivity index (χ3n) is 1.40. The van der Waals surface area contributed by atoms with Gasteiger partial charge in [0.05, 0.1) is 5.02 Å². The zero-order valence-electron chi connectivity index (χ0n) is 5.90. The molecular formula is C8H6BrClO. The van der Waals surface area contributed by atoms with Crippen LogP contribution in [0.2, 0.25) is 5.02 Å². The van der Waals surface area contributed by atoms with Gasteiger partial charge in [0.2, 0.25) is 0 Å². The summed E-state index contributed by atoms with van der Waals surface area (Å²) < 4.78 is 0.924. The molecule has 0 spiro atoms. The summed E-state index contributed by atoms with van der Waals surface area (Å²) in [5.41, 5.74) is 1.55. The van der Waals surface area contributed by atoms with E-state index >= 15 is 0 Å². The number of aldehydes is 1. The van der Waals surface area contributed by atoms with E-state index in [2.05, 4.69) is 15.9 Å². The van der Waals surface area contributed by atoms with Crippen molar-refractivity contribution in [2.24, 2.45) is 0 Å². The van der Waals surface area contributed by atoms with E-state index < -0.39 is 0 Å². The van der Waals surface area contributed by atoms with Crippen molar-refractivity contribution in [3.05, 3.63) is 32.8 Å². The Kier molecular flexibility index (Phi) is 2.68. The van der Waals surface area contributed by atoms with Crippen LogP contribution >= 0.6 is 27.5 Å². The summed E-state index contributed by atoms with van der Waals surface area (Å²) in [6.45, 7) is 1.91. The van der Waals surface area contributed by atoms with Gasteiger partial charge in [-0.25, -0.2) is 0 Å². The minimum Gasteiger partial charge on any atom is -0.298 e. The van der Waals surface area contributed by atoms with Gasteiger partial charge < -0.3 is 0 Å². The van der Waals surface area contributed by atoms with Crippen LogP contribution in [0.4, 0.5) is 0 Å². The molecule has 0 N–H and O–H groups in total. The number of carbonyl (C=O) groups is 1. The van der Waals surface area contributed by atoms with Crippen molar-refractivity contribution >= 4 is 33.8 Å². The first-order chi connectivity index (χ1) is 5.15. The number of benzene rings is 1. The van der Waals surface area contributed by atoms with E-state index in [9.17, 15) is 4.79 Å². The van der Waals surface area contributed by atoms with E-state index in [4.69, 9.17) is 11.6 Å². The normalized spacial score (nSPS) is 9.73. The second-order valence-electron chi connectivity index (χ2n) is 2.24. The van der Waals surface area contributed by atoms with E-state index in [1.165, 1.54) is 0 Å². The number of hydrogen-bond donors (Lipinski definition) is 0. The van der Waals surface area contributed by atoms with E-state index in [0.717, 1.165) is 16.3 Å². The fourth-order valence-corrected chi connectivity index (χ4v) is 1.45. The predicted molar refractivity (Wildman–Crippen MR) is 49.3 cm³/mol. The summed E-state index contributed by atoms with van der Waals surface area (Å²) in [6, 6.07) is 3.47. The lowest BCUT2D eigenvalue weighted by atomic mass is 10.2. The quantitative estimate of drug-likeness (QED) is 0.681. The average molecular weight is 233 g/mol. The Morgan fingerprint density at radius 1 is 1.55 bits per heavy atom. The molecule has 11 heavy (non-hydrogen) atoms. The summed E-state index contributed by atoms with van der Waals surface area (Å²) in [5.74, 6) is 0. The summed E-state index contributed by atoms with van der Waals surface area (Å²) in [6.07, 6.45) is 0.752. The molecule has 0 aromatic heterocycles. The van der Waals surface area contributed by atoms with Crippen LogP contribution < -0.4 is 0 Å². The Morgan fingerprint density at radius 3 is 2.73 bits per heavy atom. The van der Waals surface area contributed by atoms with Crippen LogP contribution in [0, 0.1) is 6.92 Å². The fraction of sp³-hybridized carbons (Fsp3) is 0.125. The molecule has 1 rings (SSSR count). The van der Waals surface area contributed by atoms with Gasteiger partial charge in [-0.1, -0.05) is 27.5 Å². The van der Waals surface area contributed by atoms with Gasteiger partial charge in [-0.2, -0.15) is 0 Å². The fourth-order valence-electron chi connectivity index (χ4n) is 0.770. The van der Waals surface area contributed by atoms with Gasteiger partial charge >= 0.3 is 0 Å². The summed E-state index contributed by atoms with van der Waals surface area (Å²) in [7, 11) is 0. The Balaban J connectivity index is 3.31. The van der Waals surface area contributed by atoms with Crippen LogP contribution in [0.25, 0.3) is 0 Å². The smallest absolute Gasteiger partial charge is 0.151 e. The van der Waals surface area contributed by atoms with Crippen molar-refractivity contribution in [2.75, 3.05) is 0 Å². The molecule has 0 fully saturated rings. The SMILES string of the molecule is Cc1cc(C=O)c(Cl)cc1Br. The molecule has 0 saturated heterocycles. The first-order valence-corrected chi connectivity index (χ1v) is 4.23. The zero-order valence-corrected chi connectivity index (χ0v) is 8.24. The van der Waals surface area contributed by atoms with Crippen LogP contribution in [0.1, 0.15) is 15.9 Å². The van der Waals surface area contributed by atoms with Gasteiger partial charge in [-0.15, -0.1) is 0 Å². The van der Waals surface area contributed by atoms with E-state index in [-0.39, 0.29) is 0 Å². The molecule has 0 amide bonds. The Hall–Kier alpha value is -0.340. The topological polar surface area (TPSA) is 17.1 Å². The highest BCUT2D eigenvalue weighted by Crippen LogP contribution is 2.23. The molecule has 58 valence electrons. The summed E-state index contributed by atoms with van der Waals surface area (Å²) in [5, 5.41) is 0.484. The largest absolute Gasteiger partial charge is 0.298 e. The highest BCUT2D eigenvalue weighted by molar-refractivity contribution is 9.10. The number of rotatable bonds is 1. The lowest BCUT2D eigenvalue weighted by Gasteiger charge is -2.00. The van der Waals surface area contributed by atoms with E-state index in [1.54, 1.807) is 12.1 Å². The molecule has 0 radical (unpaired) electrons. The average Bonchev–Trinajstić information content (AvgIpc) is 1.97. The van der Waals surface area contributed by atoms with Crippen LogP contribution in [0.3, 0.4) is 0 Å². The molecule has 3 heteroatoms. The van der Waals surface area contributed by atoms with Crippen molar-refractivity contribution < 1.29 is 4.79 Å². The van der Waals surface area contributed by atoms with Gasteiger partial charge in [0.25, 0.3) is 0 Å². The highest BCUT2D eigenvalue weighted by atomic mass is 79.9. The third kappa shape index (κ3) is 1.82. The summed E-state index contributed by atoms with van der Waals surface area (Å²) in [4.78, 5) is 10.4. The molecular weight excluding hydrogens is 227 g/mol. The first kappa shape index (κ1) is 8.75.